The quantitative estimate of drug-likeness (QED) is 0.628. The van der Waals surface area contributed by atoms with Crippen LogP contribution in [0.5, 0.6) is 0 Å². The molecule has 5 nitrogen and oxygen atoms in total. The van der Waals surface area contributed by atoms with Gasteiger partial charge in [-0.25, -0.2) is 18.4 Å². The van der Waals surface area contributed by atoms with Gasteiger partial charge in [-0.15, -0.1) is 0 Å². The van der Waals surface area contributed by atoms with Crippen molar-refractivity contribution in [3.63, 3.8) is 0 Å². The van der Waals surface area contributed by atoms with Gasteiger partial charge in [0.25, 0.3) is 0 Å². The summed E-state index contributed by atoms with van der Waals surface area (Å²) in [6, 6.07) is 1.92. The van der Waals surface area contributed by atoms with Crippen LogP contribution in [0.2, 0.25) is 0 Å². The first-order valence-electron chi connectivity index (χ1n) is 5.89. The van der Waals surface area contributed by atoms with E-state index in [1.165, 1.54) is 11.9 Å². The van der Waals surface area contributed by atoms with Crippen molar-refractivity contribution in [1.82, 2.24) is 0 Å². The molecule has 0 aliphatic rings. The van der Waals surface area contributed by atoms with Gasteiger partial charge in [-0.3, -0.25) is 0 Å². The van der Waals surface area contributed by atoms with Crippen LogP contribution in [-0.2, 0) is 19.1 Å². The zero-order valence-electron chi connectivity index (χ0n) is 12.1. The highest BCUT2D eigenvalue weighted by atomic mass is 19.2. The number of halogens is 2. The lowest BCUT2D eigenvalue weighted by Crippen LogP contribution is -2.26. The minimum absolute atomic E-state index is 0.168. The van der Waals surface area contributed by atoms with E-state index in [2.05, 4.69) is 9.47 Å². The van der Waals surface area contributed by atoms with Gasteiger partial charge in [-0.1, -0.05) is 0 Å². The van der Waals surface area contributed by atoms with Gasteiger partial charge < -0.3 is 14.4 Å². The summed E-state index contributed by atoms with van der Waals surface area (Å²) in [4.78, 5) is 24.3. The summed E-state index contributed by atoms with van der Waals surface area (Å²) >= 11 is 0. The molecule has 0 saturated carbocycles. The number of rotatable bonds is 4. The number of likely N-dealkylation sites (N-methyl/N-ethyl adjacent to an activating group) is 1. The van der Waals surface area contributed by atoms with Crippen LogP contribution in [0, 0.1) is 18.6 Å². The second-order valence-electron chi connectivity index (χ2n) is 4.16. The van der Waals surface area contributed by atoms with Crippen molar-refractivity contribution in [1.29, 1.82) is 0 Å². The Balaban J connectivity index is 3.32. The zero-order valence-corrected chi connectivity index (χ0v) is 12.1. The monoisotopic (exact) mass is 299 g/mol. The van der Waals surface area contributed by atoms with Crippen LogP contribution in [0.15, 0.2) is 23.9 Å². The van der Waals surface area contributed by atoms with Crippen LogP contribution in [0.3, 0.4) is 0 Å². The summed E-state index contributed by atoms with van der Waals surface area (Å²) in [6.45, 7) is 1.54. The first kappa shape index (κ1) is 16.6. The summed E-state index contributed by atoms with van der Waals surface area (Å²) in [5, 5.41) is 0. The maximum Gasteiger partial charge on any atom is 0.354 e. The summed E-state index contributed by atoms with van der Waals surface area (Å²) in [5.74, 6) is -3.65. The zero-order chi connectivity index (χ0) is 16.2. The van der Waals surface area contributed by atoms with Crippen molar-refractivity contribution in [2.75, 3.05) is 26.2 Å². The van der Waals surface area contributed by atoms with Crippen molar-refractivity contribution >= 4 is 17.6 Å². The Morgan fingerprint density at radius 3 is 2.24 bits per heavy atom. The third-order valence-corrected chi connectivity index (χ3v) is 2.81. The van der Waals surface area contributed by atoms with Gasteiger partial charge in [0.1, 0.15) is 5.70 Å². The van der Waals surface area contributed by atoms with E-state index in [9.17, 15) is 18.4 Å². The van der Waals surface area contributed by atoms with Gasteiger partial charge in [0.05, 0.1) is 20.3 Å². The molecule has 0 aliphatic carbocycles. The van der Waals surface area contributed by atoms with E-state index < -0.39 is 23.6 Å². The topological polar surface area (TPSA) is 55.8 Å². The third-order valence-electron chi connectivity index (χ3n) is 2.81. The summed E-state index contributed by atoms with van der Waals surface area (Å²) in [6.07, 6.45) is 0.909. The standard InChI is InChI=1S/C14H15F2NO4/c1-8-5-9(15)10(16)6-11(8)17(2)12(14(19)21-4)7-13(18)20-3/h5-7H,1-4H3/b12-7+. The molecule has 1 aromatic rings. The number of methoxy groups -OCH3 is 2. The molecular formula is C14H15F2NO4. The number of benzene rings is 1. The highest BCUT2D eigenvalue weighted by Gasteiger charge is 2.21. The number of esters is 2. The smallest absolute Gasteiger partial charge is 0.354 e. The van der Waals surface area contributed by atoms with E-state index in [1.807, 2.05) is 0 Å². The van der Waals surface area contributed by atoms with Crippen LogP contribution in [0.1, 0.15) is 5.56 Å². The average Bonchev–Trinajstić information content (AvgIpc) is 2.46. The molecule has 21 heavy (non-hydrogen) atoms. The fraction of sp³-hybridized carbons (Fsp3) is 0.286. The maximum absolute atomic E-state index is 13.4. The minimum Gasteiger partial charge on any atom is -0.466 e. The molecule has 0 saturated heterocycles. The molecule has 7 heteroatoms. The van der Waals surface area contributed by atoms with Crippen LogP contribution >= 0.6 is 0 Å². The molecule has 0 heterocycles. The van der Waals surface area contributed by atoms with E-state index in [-0.39, 0.29) is 11.4 Å². The van der Waals surface area contributed by atoms with Crippen LogP contribution in [0.4, 0.5) is 14.5 Å². The first-order chi connectivity index (χ1) is 9.81. The highest BCUT2D eigenvalue weighted by Crippen LogP contribution is 2.25. The van der Waals surface area contributed by atoms with Gasteiger partial charge in [0, 0.05) is 18.8 Å². The van der Waals surface area contributed by atoms with Crippen LogP contribution in [-0.4, -0.2) is 33.2 Å². The molecule has 0 fully saturated rings. The van der Waals surface area contributed by atoms with E-state index >= 15 is 0 Å². The fourth-order valence-electron chi connectivity index (χ4n) is 1.69. The van der Waals surface area contributed by atoms with Crippen molar-refractivity contribution in [2.45, 2.75) is 6.92 Å². The van der Waals surface area contributed by atoms with E-state index in [0.29, 0.717) is 5.56 Å². The summed E-state index contributed by atoms with van der Waals surface area (Å²) < 4.78 is 35.5. The van der Waals surface area contributed by atoms with Gasteiger partial charge in [0.2, 0.25) is 0 Å². The van der Waals surface area contributed by atoms with Crippen molar-refractivity contribution in [3.8, 4) is 0 Å². The second kappa shape index (κ2) is 6.83. The molecule has 0 spiro atoms. The number of nitrogens with zero attached hydrogens (tertiary/aromatic N) is 1. The van der Waals surface area contributed by atoms with Crippen LogP contribution < -0.4 is 4.90 Å². The molecule has 0 unspecified atom stereocenters. The Hall–Kier alpha value is -2.44. The summed E-state index contributed by atoms with van der Waals surface area (Å²) in [5.41, 5.74) is 0.434. The molecule has 1 aromatic carbocycles. The van der Waals surface area contributed by atoms with Gasteiger partial charge >= 0.3 is 11.9 Å². The Morgan fingerprint density at radius 1 is 1.14 bits per heavy atom. The number of carbonyl (C=O) groups is 2. The second-order valence-corrected chi connectivity index (χ2v) is 4.16. The predicted molar refractivity (Wildman–Crippen MR) is 71.6 cm³/mol. The number of aryl methyl sites for hydroxylation is 1. The van der Waals surface area contributed by atoms with Crippen molar-refractivity contribution in [2.24, 2.45) is 0 Å². The molecule has 0 radical (unpaired) electrons. The van der Waals surface area contributed by atoms with Gasteiger partial charge in [-0.05, 0) is 18.6 Å². The third kappa shape index (κ3) is 3.77. The van der Waals surface area contributed by atoms with Crippen molar-refractivity contribution in [3.05, 3.63) is 41.1 Å². The average molecular weight is 299 g/mol. The molecule has 0 aromatic heterocycles. The molecular weight excluding hydrogens is 284 g/mol. The molecule has 0 bridgehead atoms. The molecule has 0 aliphatic heterocycles. The summed E-state index contributed by atoms with van der Waals surface area (Å²) in [7, 11) is 3.71. The van der Waals surface area contributed by atoms with E-state index in [4.69, 9.17) is 0 Å². The number of hydrogen-bond donors (Lipinski definition) is 0. The van der Waals surface area contributed by atoms with Crippen molar-refractivity contribution < 1.29 is 27.8 Å². The van der Waals surface area contributed by atoms with Crippen LogP contribution in [0.25, 0.3) is 0 Å². The SMILES string of the molecule is COC(=O)/C=C(\C(=O)OC)N(C)c1cc(F)c(F)cc1C. The Kier molecular flexibility index (Phi) is 5.40. The fourth-order valence-corrected chi connectivity index (χ4v) is 1.69. The van der Waals surface area contributed by atoms with Gasteiger partial charge in [-0.2, -0.15) is 0 Å². The highest BCUT2D eigenvalue weighted by molar-refractivity contribution is 5.99. The minimum atomic E-state index is -1.07. The number of carbonyl (C=O) groups excluding carboxylic acids is 2. The number of hydrogen-bond acceptors (Lipinski definition) is 5. The number of ether oxygens (including phenoxy) is 2. The van der Waals surface area contributed by atoms with E-state index in [1.54, 1.807) is 6.92 Å². The maximum atomic E-state index is 13.4. The largest absolute Gasteiger partial charge is 0.466 e. The first-order valence-corrected chi connectivity index (χ1v) is 5.89. The predicted octanol–water partition coefficient (Wildman–Crippen LogP) is 1.94. The Bertz CT molecular complexity index is 599. The molecule has 0 atom stereocenters. The molecule has 0 amide bonds. The number of anilines is 1. The van der Waals surface area contributed by atoms with E-state index in [0.717, 1.165) is 32.4 Å². The normalized spacial score (nSPS) is 11.0. The lowest BCUT2D eigenvalue weighted by molar-refractivity contribution is -0.138. The van der Waals surface area contributed by atoms with Gasteiger partial charge in [0.15, 0.2) is 11.6 Å². The Morgan fingerprint density at radius 2 is 1.71 bits per heavy atom. The Labute approximate surface area is 120 Å². The molecule has 1 rings (SSSR count). The molecule has 0 N–H and O–H groups in total. The molecule has 114 valence electrons. The lowest BCUT2D eigenvalue weighted by atomic mass is 10.1. The lowest BCUT2D eigenvalue weighted by Gasteiger charge is -2.22.